The van der Waals surface area contributed by atoms with Gasteiger partial charge in [0.15, 0.2) is 0 Å². The van der Waals surface area contributed by atoms with Gasteiger partial charge in [0.1, 0.15) is 14.0 Å². The second kappa shape index (κ2) is 2.57. The van der Waals surface area contributed by atoms with E-state index in [1.165, 1.54) is 12.6 Å². The highest BCUT2D eigenvalue weighted by atomic mass is 14.4. The van der Waals surface area contributed by atoms with E-state index in [2.05, 4.69) is 41.7 Å². The van der Waals surface area contributed by atoms with Crippen LogP contribution >= 0.6 is 0 Å². The van der Waals surface area contributed by atoms with Gasteiger partial charge in [-0.2, -0.15) is 0 Å². The van der Waals surface area contributed by atoms with E-state index in [1.54, 1.807) is 0 Å². The van der Waals surface area contributed by atoms with Crippen molar-refractivity contribution in [3.05, 3.63) is 0 Å². The van der Waals surface area contributed by atoms with Crippen LogP contribution in [0, 0.1) is 5.41 Å². The third-order valence-electron chi connectivity index (χ3n) is 3.81. The zero-order chi connectivity index (χ0) is 8.70. The molecule has 0 aromatic carbocycles. The molecule has 0 aromatic rings. The first-order valence-corrected chi connectivity index (χ1v) is 4.72. The standard InChI is InChI=1S/C9H19B2/c1-8(2)6-11(5)7-9(8,3)10-4/h6-7H2,1-5H3. The molecule has 1 heterocycles. The molecular weight excluding hydrogens is 130 g/mol. The summed E-state index contributed by atoms with van der Waals surface area (Å²) in [6.45, 7) is 12.7. The Morgan fingerprint density at radius 3 is 1.91 bits per heavy atom. The van der Waals surface area contributed by atoms with E-state index in [9.17, 15) is 0 Å². The monoisotopic (exact) mass is 149 g/mol. The smallest absolute Gasteiger partial charge is 0.0914 e. The molecule has 1 rings (SSSR count). The Morgan fingerprint density at radius 1 is 1.18 bits per heavy atom. The fourth-order valence-electron chi connectivity index (χ4n) is 2.69. The van der Waals surface area contributed by atoms with Crippen LogP contribution in [0.25, 0.3) is 0 Å². The summed E-state index contributed by atoms with van der Waals surface area (Å²) in [7, 11) is 2.40. The first-order valence-electron chi connectivity index (χ1n) is 4.72. The third-order valence-corrected chi connectivity index (χ3v) is 3.81. The number of hydrogen-bond acceptors (Lipinski definition) is 0. The molecule has 1 saturated heterocycles. The summed E-state index contributed by atoms with van der Waals surface area (Å²) in [5, 5.41) is 0.479. The van der Waals surface area contributed by atoms with Crippen LogP contribution in [-0.4, -0.2) is 14.0 Å². The molecule has 0 spiro atoms. The first kappa shape index (κ1) is 9.22. The van der Waals surface area contributed by atoms with Crippen molar-refractivity contribution in [3.63, 3.8) is 0 Å². The van der Waals surface area contributed by atoms with E-state index in [0.29, 0.717) is 10.7 Å². The number of rotatable bonds is 1. The van der Waals surface area contributed by atoms with E-state index in [4.69, 9.17) is 0 Å². The molecular formula is C9H19B2. The molecule has 1 radical (unpaired) electrons. The van der Waals surface area contributed by atoms with Gasteiger partial charge in [-0.15, -0.1) is 0 Å². The maximum Gasteiger partial charge on any atom is 0.137 e. The van der Waals surface area contributed by atoms with Crippen molar-refractivity contribution in [2.24, 2.45) is 5.41 Å². The van der Waals surface area contributed by atoms with Gasteiger partial charge in [-0.3, -0.25) is 0 Å². The Bertz CT molecular complexity index is 154. The van der Waals surface area contributed by atoms with Crippen LogP contribution in [0.1, 0.15) is 20.8 Å². The van der Waals surface area contributed by atoms with Gasteiger partial charge in [-0.1, -0.05) is 52.4 Å². The lowest BCUT2D eigenvalue weighted by Crippen LogP contribution is -2.26. The van der Waals surface area contributed by atoms with Crippen LogP contribution in [0.3, 0.4) is 0 Å². The molecule has 2 heteroatoms. The zero-order valence-electron chi connectivity index (χ0n) is 8.57. The molecule has 61 valence electrons. The predicted molar refractivity (Wildman–Crippen MR) is 55.0 cm³/mol. The predicted octanol–water partition coefficient (Wildman–Crippen LogP) is 3.08. The van der Waals surface area contributed by atoms with Gasteiger partial charge in [0.05, 0.1) is 0 Å². The van der Waals surface area contributed by atoms with Crippen molar-refractivity contribution in [2.75, 3.05) is 0 Å². The maximum atomic E-state index is 2.40. The summed E-state index contributed by atoms with van der Waals surface area (Å²) >= 11 is 0. The Labute approximate surface area is 72.5 Å². The van der Waals surface area contributed by atoms with E-state index in [-0.39, 0.29) is 0 Å². The number of hydrogen-bond donors (Lipinski definition) is 0. The van der Waals surface area contributed by atoms with Crippen molar-refractivity contribution in [2.45, 2.75) is 52.4 Å². The molecule has 1 fully saturated rings. The van der Waals surface area contributed by atoms with Gasteiger partial charge >= 0.3 is 0 Å². The molecule has 0 aromatic heterocycles. The highest BCUT2D eigenvalue weighted by Crippen LogP contribution is 2.57. The van der Waals surface area contributed by atoms with Crippen LogP contribution in [0.15, 0.2) is 0 Å². The van der Waals surface area contributed by atoms with E-state index < -0.39 is 0 Å². The quantitative estimate of drug-likeness (QED) is 0.502. The lowest BCUT2D eigenvalue weighted by Gasteiger charge is -2.38. The molecule has 1 aliphatic heterocycles. The Balaban J connectivity index is 2.81. The average Bonchev–Trinajstić information content (AvgIpc) is 2.03. The zero-order valence-corrected chi connectivity index (χ0v) is 8.57. The topological polar surface area (TPSA) is 0 Å². The van der Waals surface area contributed by atoms with Gasteiger partial charge in [0.25, 0.3) is 0 Å². The molecule has 0 amide bonds. The second-order valence-electron chi connectivity index (χ2n) is 5.10. The fourth-order valence-corrected chi connectivity index (χ4v) is 2.69. The van der Waals surface area contributed by atoms with Gasteiger partial charge in [-0.25, -0.2) is 0 Å². The highest BCUT2D eigenvalue weighted by Gasteiger charge is 2.47. The average molecular weight is 149 g/mol. The van der Waals surface area contributed by atoms with E-state index in [1.807, 2.05) is 0 Å². The molecule has 11 heavy (non-hydrogen) atoms. The van der Waals surface area contributed by atoms with Gasteiger partial charge in [0.2, 0.25) is 0 Å². The molecule has 1 aliphatic rings. The van der Waals surface area contributed by atoms with Gasteiger partial charge in [0, 0.05) is 0 Å². The molecule has 0 saturated carbocycles. The van der Waals surface area contributed by atoms with Crippen molar-refractivity contribution in [1.29, 1.82) is 0 Å². The summed E-state index contributed by atoms with van der Waals surface area (Å²) in [5.74, 6) is 0. The molecule has 1 atom stereocenters. The van der Waals surface area contributed by atoms with Crippen molar-refractivity contribution in [3.8, 4) is 0 Å². The second-order valence-corrected chi connectivity index (χ2v) is 5.10. The fraction of sp³-hybridized carbons (Fsp3) is 1.00. The summed E-state index contributed by atoms with van der Waals surface area (Å²) in [5.41, 5.74) is 0.515. The summed E-state index contributed by atoms with van der Waals surface area (Å²) < 4.78 is 0. The Morgan fingerprint density at radius 2 is 1.73 bits per heavy atom. The maximum absolute atomic E-state index is 2.40. The lowest BCUT2D eigenvalue weighted by atomic mass is 9.43. The molecule has 0 aliphatic carbocycles. The van der Waals surface area contributed by atoms with E-state index in [0.717, 1.165) is 6.71 Å². The van der Waals surface area contributed by atoms with Gasteiger partial charge < -0.3 is 0 Å². The minimum absolute atomic E-state index is 0.479. The Kier molecular flexibility index (Phi) is 2.15. The van der Waals surface area contributed by atoms with Crippen molar-refractivity contribution in [1.82, 2.24) is 0 Å². The molecule has 0 N–H and O–H groups in total. The van der Waals surface area contributed by atoms with Crippen molar-refractivity contribution < 1.29 is 0 Å². The molecule has 0 nitrogen and oxygen atoms in total. The summed E-state index contributed by atoms with van der Waals surface area (Å²) in [6.07, 6.45) is 2.75. The Hall–Kier alpha value is 0.130. The molecule has 1 unspecified atom stereocenters. The van der Waals surface area contributed by atoms with E-state index >= 15 is 0 Å². The van der Waals surface area contributed by atoms with Crippen LogP contribution in [0.4, 0.5) is 0 Å². The van der Waals surface area contributed by atoms with Crippen LogP contribution < -0.4 is 0 Å². The molecule has 0 bridgehead atoms. The minimum Gasteiger partial charge on any atom is -0.0914 e. The van der Waals surface area contributed by atoms with Crippen LogP contribution in [0.5, 0.6) is 0 Å². The highest BCUT2D eigenvalue weighted by molar-refractivity contribution is 6.61. The normalized spacial score (nSPS) is 35.9. The van der Waals surface area contributed by atoms with Crippen LogP contribution in [-0.2, 0) is 0 Å². The minimum atomic E-state index is 0.479. The van der Waals surface area contributed by atoms with Gasteiger partial charge in [-0.05, 0) is 5.41 Å². The summed E-state index contributed by atoms with van der Waals surface area (Å²) in [4.78, 5) is 0. The third kappa shape index (κ3) is 1.37. The largest absolute Gasteiger partial charge is 0.137 e. The first-order chi connectivity index (χ1) is 4.91. The SMILES string of the molecule is C[B]C1(C)CB(C)CC1(C)C. The summed E-state index contributed by atoms with van der Waals surface area (Å²) in [6, 6.07) is 0. The van der Waals surface area contributed by atoms with Crippen LogP contribution in [0.2, 0.25) is 31.6 Å². The van der Waals surface area contributed by atoms with Crippen molar-refractivity contribution >= 4 is 14.0 Å². The lowest BCUT2D eigenvalue weighted by molar-refractivity contribution is 0.321.